The molecule has 0 bridgehead atoms. The second kappa shape index (κ2) is 4.91. The molecule has 0 atom stereocenters. The molecule has 0 spiro atoms. The van der Waals surface area contributed by atoms with Gasteiger partial charge in [0.1, 0.15) is 11.5 Å². The van der Waals surface area contributed by atoms with Crippen LogP contribution in [0, 0.1) is 13.8 Å². The summed E-state index contributed by atoms with van der Waals surface area (Å²) in [6, 6.07) is 4.34. The van der Waals surface area contributed by atoms with Crippen LogP contribution < -0.4 is 4.74 Å². The van der Waals surface area contributed by atoms with Crippen LogP contribution in [0.4, 0.5) is 0 Å². The Hall–Kier alpha value is -1.31. The van der Waals surface area contributed by atoms with Gasteiger partial charge in [-0.25, -0.2) is 0 Å². The molecule has 1 aromatic rings. The molecule has 0 saturated heterocycles. The van der Waals surface area contributed by atoms with Crippen molar-refractivity contribution in [3.05, 3.63) is 28.8 Å². The predicted octanol–water partition coefficient (Wildman–Crippen LogP) is 3.54. The summed E-state index contributed by atoms with van der Waals surface area (Å²) >= 11 is 0. The highest BCUT2D eigenvalue weighted by Gasteiger charge is 2.23. The number of aryl methyl sites for hydroxylation is 2. The van der Waals surface area contributed by atoms with Gasteiger partial charge in [-0.1, -0.05) is 6.07 Å². The Bertz CT molecular complexity index is 425. The zero-order chi connectivity index (χ0) is 12.4. The van der Waals surface area contributed by atoms with E-state index in [1.165, 1.54) is 16.7 Å². The minimum atomic E-state index is 0.407. The molecule has 2 heteroatoms. The molecule has 0 heterocycles. The van der Waals surface area contributed by atoms with Gasteiger partial charge in [0.15, 0.2) is 0 Å². The Kier molecular flexibility index (Phi) is 3.51. The lowest BCUT2D eigenvalue weighted by Crippen LogP contribution is -2.13. The highest BCUT2D eigenvalue weighted by Crippen LogP contribution is 2.37. The van der Waals surface area contributed by atoms with Crippen molar-refractivity contribution < 1.29 is 9.53 Å². The molecule has 0 amide bonds. The molecule has 0 aliphatic heterocycles. The van der Waals surface area contributed by atoms with Crippen LogP contribution in [0.3, 0.4) is 0 Å². The van der Waals surface area contributed by atoms with Crippen molar-refractivity contribution >= 4 is 5.78 Å². The fraction of sp³-hybridized carbons (Fsp3) is 0.533. The summed E-state index contributed by atoms with van der Waals surface area (Å²) in [4.78, 5) is 11.3. The summed E-state index contributed by atoms with van der Waals surface area (Å²) in [5.74, 6) is 1.87. The number of ketones is 1. The summed E-state index contributed by atoms with van der Waals surface area (Å²) in [6.07, 6.45) is 3.39. The van der Waals surface area contributed by atoms with Gasteiger partial charge in [0, 0.05) is 12.8 Å². The first-order valence-electron chi connectivity index (χ1n) is 6.28. The van der Waals surface area contributed by atoms with Gasteiger partial charge < -0.3 is 4.74 Å². The van der Waals surface area contributed by atoms with Crippen LogP contribution in [-0.4, -0.2) is 12.9 Å². The Morgan fingerprint density at radius 1 is 1.12 bits per heavy atom. The summed E-state index contributed by atoms with van der Waals surface area (Å²) in [6.45, 7) is 4.23. The van der Waals surface area contributed by atoms with Crippen LogP contribution in [0.5, 0.6) is 5.75 Å². The maximum Gasteiger partial charge on any atom is 0.132 e. The van der Waals surface area contributed by atoms with Crippen molar-refractivity contribution in [2.75, 3.05) is 7.11 Å². The van der Waals surface area contributed by atoms with Crippen LogP contribution in [0.1, 0.15) is 48.3 Å². The zero-order valence-corrected chi connectivity index (χ0v) is 10.9. The lowest BCUT2D eigenvalue weighted by atomic mass is 9.82. The average molecular weight is 232 g/mol. The highest BCUT2D eigenvalue weighted by molar-refractivity contribution is 5.79. The maximum absolute atomic E-state index is 11.3. The SMILES string of the molecule is COc1cc(C)c(C)cc1C1CCC(=O)CC1. The smallest absolute Gasteiger partial charge is 0.132 e. The predicted molar refractivity (Wildman–Crippen MR) is 68.7 cm³/mol. The number of carbonyl (C=O) groups excluding carboxylic acids is 1. The van der Waals surface area contributed by atoms with Crippen LogP contribution in [-0.2, 0) is 4.79 Å². The molecule has 2 nitrogen and oxygen atoms in total. The maximum atomic E-state index is 11.3. The Morgan fingerprint density at radius 2 is 1.71 bits per heavy atom. The summed E-state index contributed by atoms with van der Waals surface area (Å²) < 4.78 is 5.48. The van der Waals surface area contributed by atoms with E-state index in [4.69, 9.17) is 4.74 Å². The van der Waals surface area contributed by atoms with Crippen molar-refractivity contribution in [1.82, 2.24) is 0 Å². The molecule has 1 aliphatic carbocycles. The third-order valence-electron chi connectivity index (χ3n) is 3.83. The molecule has 92 valence electrons. The van der Waals surface area contributed by atoms with Crippen molar-refractivity contribution in [2.45, 2.75) is 45.4 Å². The molecule has 0 aromatic heterocycles. The number of Topliss-reactive ketones (excluding diaryl/α,β-unsaturated/α-hetero) is 1. The van der Waals surface area contributed by atoms with E-state index in [2.05, 4.69) is 26.0 Å². The van der Waals surface area contributed by atoms with E-state index in [0.29, 0.717) is 11.7 Å². The fourth-order valence-corrected chi connectivity index (χ4v) is 2.56. The number of methoxy groups -OCH3 is 1. The summed E-state index contributed by atoms with van der Waals surface area (Å²) in [5.41, 5.74) is 3.85. The van der Waals surface area contributed by atoms with Crippen molar-refractivity contribution in [2.24, 2.45) is 0 Å². The molecular formula is C15H20O2. The molecule has 0 radical (unpaired) electrons. The molecule has 0 N–H and O–H groups in total. The Balaban J connectivity index is 2.30. The normalized spacial score (nSPS) is 17.2. The minimum Gasteiger partial charge on any atom is -0.496 e. The number of rotatable bonds is 2. The second-order valence-corrected chi connectivity index (χ2v) is 4.99. The zero-order valence-electron chi connectivity index (χ0n) is 10.9. The van der Waals surface area contributed by atoms with Crippen molar-refractivity contribution in [3.8, 4) is 5.75 Å². The third kappa shape index (κ3) is 2.51. The lowest BCUT2D eigenvalue weighted by Gasteiger charge is -2.24. The van der Waals surface area contributed by atoms with Crippen LogP contribution in [0.2, 0.25) is 0 Å². The van der Waals surface area contributed by atoms with Crippen LogP contribution >= 0.6 is 0 Å². The van der Waals surface area contributed by atoms with Gasteiger partial charge >= 0.3 is 0 Å². The fourth-order valence-electron chi connectivity index (χ4n) is 2.56. The highest BCUT2D eigenvalue weighted by atomic mass is 16.5. The third-order valence-corrected chi connectivity index (χ3v) is 3.83. The van der Waals surface area contributed by atoms with Gasteiger partial charge in [-0.15, -0.1) is 0 Å². The van der Waals surface area contributed by atoms with Crippen LogP contribution in [0.15, 0.2) is 12.1 Å². The molecule has 0 unspecified atom stereocenters. The van der Waals surface area contributed by atoms with E-state index in [-0.39, 0.29) is 0 Å². The summed E-state index contributed by atoms with van der Waals surface area (Å²) in [5, 5.41) is 0. The van der Waals surface area contributed by atoms with E-state index in [9.17, 15) is 4.79 Å². The molecule has 17 heavy (non-hydrogen) atoms. The molecule has 1 aromatic carbocycles. The average Bonchev–Trinajstić information content (AvgIpc) is 2.33. The van der Waals surface area contributed by atoms with Gasteiger partial charge in [0.25, 0.3) is 0 Å². The van der Waals surface area contributed by atoms with Gasteiger partial charge in [0.2, 0.25) is 0 Å². The molecule has 1 aliphatic rings. The second-order valence-electron chi connectivity index (χ2n) is 4.99. The number of hydrogen-bond acceptors (Lipinski definition) is 2. The quantitative estimate of drug-likeness (QED) is 0.779. The molecule has 1 saturated carbocycles. The monoisotopic (exact) mass is 232 g/mol. The largest absolute Gasteiger partial charge is 0.496 e. The number of hydrogen-bond donors (Lipinski definition) is 0. The van der Waals surface area contributed by atoms with Gasteiger partial charge in [-0.3, -0.25) is 4.79 Å². The minimum absolute atomic E-state index is 0.407. The first-order chi connectivity index (χ1) is 8.11. The van der Waals surface area contributed by atoms with Gasteiger partial charge in [-0.2, -0.15) is 0 Å². The Labute approximate surface area is 103 Å². The van der Waals surface area contributed by atoms with Gasteiger partial charge in [0.05, 0.1) is 7.11 Å². The molecule has 2 rings (SSSR count). The first kappa shape index (κ1) is 12.2. The van der Waals surface area contributed by atoms with E-state index < -0.39 is 0 Å². The van der Waals surface area contributed by atoms with Crippen molar-refractivity contribution in [3.63, 3.8) is 0 Å². The molecular weight excluding hydrogens is 212 g/mol. The van der Waals surface area contributed by atoms with E-state index >= 15 is 0 Å². The van der Waals surface area contributed by atoms with Gasteiger partial charge in [-0.05, 0) is 55.4 Å². The summed E-state index contributed by atoms with van der Waals surface area (Å²) in [7, 11) is 1.72. The number of ether oxygens (including phenoxy) is 1. The lowest BCUT2D eigenvalue weighted by molar-refractivity contribution is -0.120. The number of benzene rings is 1. The standard InChI is InChI=1S/C15H20O2/c1-10-8-14(15(17-3)9-11(10)2)12-4-6-13(16)7-5-12/h8-9,12H,4-7H2,1-3H3. The molecule has 1 fully saturated rings. The van der Waals surface area contributed by atoms with E-state index in [1.807, 2.05) is 0 Å². The first-order valence-corrected chi connectivity index (χ1v) is 6.28. The number of carbonyl (C=O) groups is 1. The van der Waals surface area contributed by atoms with Crippen LogP contribution in [0.25, 0.3) is 0 Å². The topological polar surface area (TPSA) is 26.3 Å². The van der Waals surface area contributed by atoms with Crippen molar-refractivity contribution in [1.29, 1.82) is 0 Å². The Morgan fingerprint density at radius 3 is 2.29 bits per heavy atom. The van der Waals surface area contributed by atoms with E-state index in [1.54, 1.807) is 7.11 Å². The van der Waals surface area contributed by atoms with E-state index in [0.717, 1.165) is 31.4 Å².